The molecule has 0 spiro atoms. The van der Waals surface area contributed by atoms with E-state index in [1.54, 1.807) is 0 Å². The maximum Gasteiger partial charge on any atom is 0.258 e. The van der Waals surface area contributed by atoms with Gasteiger partial charge in [-0.1, -0.05) is 171 Å². The Kier molecular flexibility index (Phi) is 10.9. The summed E-state index contributed by atoms with van der Waals surface area (Å²) in [7, 11) is 0. The average molecular weight is 1000 g/mol. The van der Waals surface area contributed by atoms with Crippen molar-refractivity contribution in [1.82, 2.24) is 9.97 Å². The number of rotatable bonds is 9. The number of benzene rings is 7. The first kappa shape index (κ1) is 47.6. The number of anilines is 6. The topological polar surface area (TPSA) is 50.7 Å². The first-order valence-corrected chi connectivity index (χ1v) is 28.1. The zero-order valence-corrected chi connectivity index (χ0v) is 45.7. The van der Waals surface area contributed by atoms with Gasteiger partial charge in [-0.05, 0) is 141 Å². The number of aryl methyl sites for hydroxylation is 1. The van der Waals surface area contributed by atoms with Gasteiger partial charge in [0.2, 0.25) is 0 Å². The highest BCUT2D eigenvalue weighted by molar-refractivity contribution is 7.02. The van der Waals surface area contributed by atoms with Gasteiger partial charge in [-0.3, -0.25) is 9.80 Å². The molecule has 6 heterocycles. The normalized spacial score (nSPS) is 15.7. The Bertz CT molecular complexity index is 3870. The van der Waals surface area contributed by atoms with Gasteiger partial charge in [-0.2, -0.15) is 0 Å². The van der Waals surface area contributed by atoms with E-state index < -0.39 is 0 Å². The van der Waals surface area contributed by atoms with E-state index in [1.807, 2.05) is 0 Å². The molecule has 9 aromatic rings. The van der Waals surface area contributed by atoms with Crippen molar-refractivity contribution in [2.45, 2.75) is 110 Å². The quantitative estimate of drug-likeness (QED) is 0.134. The summed E-state index contributed by atoms with van der Waals surface area (Å²) in [4.78, 5) is 16.5. The second kappa shape index (κ2) is 17.6. The maximum atomic E-state index is 7.13. The van der Waals surface area contributed by atoms with Gasteiger partial charge in [0.25, 0.3) is 13.4 Å². The van der Waals surface area contributed by atoms with Crippen LogP contribution in [0.25, 0.3) is 22.5 Å². The standard InChI is InChI=1S/C69H64B2N4O2/c1-9-11-34-67(3,4)49-37-44(31-30-43(49)10-2)55-40-61-63-65(72-55)74(46-22-14-12-15-23-46)57-42-58-54(39-53(57)70(63)51-26-18-20-28-59(51)76-61)71-52-27-19-21-29-60(52)77-62-41-56(73-66(64(62)71)75(58)47-24-16-13-17-25-47)45-32-33-48-50(38-45)69(7,8)36-35-68(48,5)6/h12-33,37-42H,9-11,34-36H2,1-8H3. The highest BCUT2D eigenvalue weighted by Gasteiger charge is 2.48. The van der Waals surface area contributed by atoms with Crippen LogP contribution < -0.4 is 52.1 Å². The van der Waals surface area contributed by atoms with Gasteiger partial charge >= 0.3 is 0 Å². The third-order valence-corrected chi connectivity index (χ3v) is 18.0. The van der Waals surface area contributed by atoms with Crippen LogP contribution in [-0.4, -0.2) is 23.4 Å². The van der Waals surface area contributed by atoms with Crippen molar-refractivity contribution >= 4 is 80.6 Å². The van der Waals surface area contributed by atoms with Gasteiger partial charge in [-0.15, -0.1) is 0 Å². The second-order valence-corrected chi connectivity index (χ2v) is 24.2. The lowest BCUT2D eigenvalue weighted by molar-refractivity contribution is 0.332. The molecule has 4 aliphatic heterocycles. The molecule has 7 aromatic carbocycles. The van der Waals surface area contributed by atoms with Crippen molar-refractivity contribution in [1.29, 1.82) is 0 Å². The Balaban J connectivity index is 1.03. The third kappa shape index (κ3) is 7.45. The van der Waals surface area contributed by atoms with Crippen LogP contribution in [0.15, 0.2) is 170 Å². The van der Waals surface area contributed by atoms with Gasteiger partial charge in [0.1, 0.15) is 34.6 Å². The summed E-state index contributed by atoms with van der Waals surface area (Å²) in [6.07, 6.45) is 6.75. The molecule has 0 radical (unpaired) electrons. The van der Waals surface area contributed by atoms with Gasteiger partial charge in [0, 0.05) is 56.9 Å². The molecule has 0 saturated heterocycles. The summed E-state index contributed by atoms with van der Waals surface area (Å²) in [6.45, 7) is 18.6. The lowest BCUT2D eigenvalue weighted by Crippen LogP contribution is -2.64. The molecule has 0 N–H and O–H groups in total. The fourth-order valence-corrected chi connectivity index (χ4v) is 13.7. The lowest BCUT2D eigenvalue weighted by Gasteiger charge is -2.43. The summed E-state index contributed by atoms with van der Waals surface area (Å²) < 4.78 is 14.3. The maximum absolute atomic E-state index is 7.13. The average Bonchev–Trinajstić information content (AvgIpc) is 3.45. The molecule has 0 unspecified atom stereocenters. The molecule has 0 saturated carbocycles. The van der Waals surface area contributed by atoms with Crippen LogP contribution in [-0.2, 0) is 22.7 Å². The summed E-state index contributed by atoms with van der Waals surface area (Å²) in [5, 5.41) is 0. The van der Waals surface area contributed by atoms with Crippen molar-refractivity contribution in [3.05, 3.63) is 192 Å². The van der Waals surface area contributed by atoms with Gasteiger partial charge in [0.05, 0.1) is 11.4 Å². The molecule has 0 bridgehead atoms. The number of fused-ring (bicyclic) bond motifs is 9. The first-order chi connectivity index (χ1) is 37.3. The zero-order chi connectivity index (χ0) is 52.5. The predicted octanol–water partition coefficient (Wildman–Crippen LogP) is 14.0. The Labute approximate surface area is 455 Å². The van der Waals surface area contributed by atoms with Crippen molar-refractivity contribution < 1.29 is 9.47 Å². The van der Waals surface area contributed by atoms with E-state index in [4.69, 9.17) is 19.4 Å². The third-order valence-electron chi connectivity index (χ3n) is 18.0. The fourth-order valence-electron chi connectivity index (χ4n) is 13.7. The predicted molar refractivity (Wildman–Crippen MR) is 322 cm³/mol. The Hall–Kier alpha value is -7.83. The second-order valence-electron chi connectivity index (χ2n) is 24.2. The van der Waals surface area contributed by atoms with Crippen LogP contribution in [0, 0.1) is 0 Å². The minimum Gasteiger partial charge on any atom is -0.458 e. The van der Waals surface area contributed by atoms with E-state index in [1.165, 1.54) is 46.0 Å². The van der Waals surface area contributed by atoms with Crippen molar-refractivity contribution in [2.24, 2.45) is 0 Å². The number of pyridine rings is 2. The summed E-state index contributed by atoms with van der Waals surface area (Å²) in [6, 6.07) is 62.3. The highest BCUT2D eigenvalue weighted by Crippen LogP contribution is 2.50. The van der Waals surface area contributed by atoms with Crippen LogP contribution in [0.3, 0.4) is 0 Å². The van der Waals surface area contributed by atoms with Crippen LogP contribution in [0.5, 0.6) is 23.0 Å². The van der Waals surface area contributed by atoms with Crippen molar-refractivity contribution in [3.8, 4) is 45.5 Å². The van der Waals surface area contributed by atoms with Crippen molar-refractivity contribution in [3.63, 3.8) is 0 Å². The van der Waals surface area contributed by atoms with Crippen LogP contribution in [0.1, 0.15) is 110 Å². The molecule has 0 fully saturated rings. The fraction of sp³-hybridized carbons (Fsp3) is 0.246. The zero-order valence-electron chi connectivity index (χ0n) is 45.7. The summed E-state index contributed by atoms with van der Waals surface area (Å²) in [5.74, 6) is 5.17. The number of para-hydroxylation sites is 4. The molecular weight excluding hydrogens is 938 g/mol. The Morgan fingerprint density at radius 2 is 1.00 bits per heavy atom. The first-order valence-electron chi connectivity index (χ1n) is 28.1. The Morgan fingerprint density at radius 1 is 0.506 bits per heavy atom. The molecule has 0 amide bonds. The van der Waals surface area contributed by atoms with E-state index >= 15 is 0 Å². The van der Waals surface area contributed by atoms with E-state index in [0.29, 0.717) is 0 Å². The SMILES string of the molecule is CCCCC(C)(C)c1cc(-c2cc3c4c(n2)N(c2ccccc2)c2cc5c(cc2B4c2ccccc2O3)B2c3ccccc3Oc3cc(-c4ccc6c(c4)C(C)(C)CCC6(C)C)nc(c32)N5c2ccccc2)ccc1CC. The van der Waals surface area contributed by atoms with E-state index in [-0.39, 0.29) is 29.7 Å². The van der Waals surface area contributed by atoms with Crippen LogP contribution >= 0.6 is 0 Å². The molecule has 5 aliphatic rings. The van der Waals surface area contributed by atoms with E-state index in [9.17, 15) is 0 Å². The van der Waals surface area contributed by atoms with Gasteiger partial charge < -0.3 is 9.47 Å². The largest absolute Gasteiger partial charge is 0.458 e. The van der Waals surface area contributed by atoms with Gasteiger partial charge in [0.15, 0.2) is 0 Å². The number of hydrogen-bond acceptors (Lipinski definition) is 6. The molecule has 14 rings (SSSR count). The van der Waals surface area contributed by atoms with Crippen LogP contribution in [0.4, 0.5) is 34.4 Å². The molecule has 0 atom stereocenters. The number of ether oxygens (including phenoxy) is 2. The molecule has 1 aliphatic carbocycles. The molecule has 6 nitrogen and oxygen atoms in total. The highest BCUT2D eigenvalue weighted by atomic mass is 16.5. The molecule has 77 heavy (non-hydrogen) atoms. The lowest BCUT2D eigenvalue weighted by atomic mass is 9.31. The smallest absolute Gasteiger partial charge is 0.258 e. The number of nitrogens with zero attached hydrogens (tertiary/aromatic N) is 4. The van der Waals surface area contributed by atoms with E-state index in [0.717, 1.165) is 127 Å². The molecule has 8 heteroatoms. The Morgan fingerprint density at radius 3 is 1.53 bits per heavy atom. The minimum absolute atomic E-state index is 0.00768. The molecular formula is C69H64B2N4O2. The summed E-state index contributed by atoms with van der Waals surface area (Å²) in [5.41, 5.74) is 20.8. The molecule has 378 valence electrons. The minimum atomic E-state index is -0.169. The van der Waals surface area contributed by atoms with Crippen LogP contribution in [0.2, 0.25) is 0 Å². The summed E-state index contributed by atoms with van der Waals surface area (Å²) >= 11 is 0. The number of hydrogen-bond donors (Lipinski definition) is 0. The number of unbranched alkanes of at least 4 members (excludes halogenated alkanes) is 1. The number of aromatic nitrogens is 2. The van der Waals surface area contributed by atoms with Crippen molar-refractivity contribution in [2.75, 3.05) is 9.80 Å². The molecule has 2 aromatic heterocycles. The monoisotopic (exact) mass is 1000 g/mol. The van der Waals surface area contributed by atoms with E-state index in [2.05, 4.69) is 235 Å². The van der Waals surface area contributed by atoms with Gasteiger partial charge in [-0.25, -0.2) is 9.97 Å².